The number of aromatic amines is 1. The number of nitrogens with zero attached hydrogens (tertiary/aromatic N) is 4. The van der Waals surface area contributed by atoms with Gasteiger partial charge in [0.05, 0.1) is 12.8 Å². The van der Waals surface area contributed by atoms with Crippen molar-refractivity contribution >= 4 is 40.9 Å². The molecule has 1 aromatic carbocycles. The first-order valence-corrected chi connectivity index (χ1v) is 9.21. The maximum atomic E-state index is 12.3. The van der Waals surface area contributed by atoms with Crippen molar-refractivity contribution < 1.29 is 20.1 Å². The molecule has 30 heavy (non-hydrogen) atoms. The van der Waals surface area contributed by atoms with E-state index in [0.717, 1.165) is 5.56 Å². The van der Waals surface area contributed by atoms with Crippen molar-refractivity contribution in [3.8, 4) is 0 Å². The molecule has 2 aromatic heterocycles. The first-order valence-electron chi connectivity index (χ1n) is 8.84. The predicted molar refractivity (Wildman–Crippen MR) is 108 cm³/mol. The monoisotopic (exact) mass is 435 g/mol. The zero-order chi connectivity index (χ0) is 21.4. The lowest BCUT2D eigenvalue weighted by Gasteiger charge is -2.18. The van der Waals surface area contributed by atoms with E-state index in [9.17, 15) is 20.1 Å². The zero-order valence-corrected chi connectivity index (χ0v) is 16.1. The highest BCUT2D eigenvalue weighted by molar-refractivity contribution is 6.30. The Kier molecular flexibility index (Phi) is 5.40. The van der Waals surface area contributed by atoms with Gasteiger partial charge in [-0.2, -0.15) is 10.1 Å². The normalized spacial score (nSPS) is 24.1. The van der Waals surface area contributed by atoms with Crippen LogP contribution in [0.5, 0.6) is 0 Å². The lowest BCUT2D eigenvalue weighted by atomic mass is 10.1. The number of anilines is 2. The third-order valence-corrected chi connectivity index (χ3v) is 4.84. The number of nitrogens with two attached hydrogens (primary N) is 1. The standard InChI is InChI=1S/C17H18ClN7O5/c18-8-3-1-7(2-4-8)5-20-24-17-21-10-13(22-16(19)23-14(10)29)25(17)15-12(28)11(27)9(6-26)30-15/h1-5,9,11-12,15,26-28H,6H2,(H,21,24)(H3,19,22,23,29)/b20-5-/t9-,11+,12+,15-/m1/s1. The molecule has 3 heterocycles. The van der Waals surface area contributed by atoms with Crippen LogP contribution in [0.4, 0.5) is 11.9 Å². The molecule has 0 amide bonds. The largest absolute Gasteiger partial charge is 0.394 e. The van der Waals surface area contributed by atoms with Gasteiger partial charge in [-0.25, -0.2) is 10.4 Å². The first kappa shape index (κ1) is 20.3. The summed E-state index contributed by atoms with van der Waals surface area (Å²) in [5.41, 5.74) is 8.39. The minimum absolute atomic E-state index is 0.00801. The number of hydrazone groups is 1. The number of imidazole rings is 1. The van der Waals surface area contributed by atoms with Gasteiger partial charge in [-0.1, -0.05) is 23.7 Å². The number of nitrogen functional groups attached to an aromatic ring is 1. The minimum Gasteiger partial charge on any atom is -0.394 e. The molecule has 1 saturated heterocycles. The summed E-state index contributed by atoms with van der Waals surface area (Å²) in [7, 11) is 0. The summed E-state index contributed by atoms with van der Waals surface area (Å²) in [5.74, 6) is -0.162. The second-order valence-electron chi connectivity index (χ2n) is 6.58. The molecule has 4 rings (SSSR count). The van der Waals surface area contributed by atoms with E-state index in [-0.39, 0.29) is 23.1 Å². The second-order valence-corrected chi connectivity index (χ2v) is 7.02. The lowest BCUT2D eigenvalue weighted by molar-refractivity contribution is -0.0501. The fraction of sp³-hybridized carbons (Fsp3) is 0.294. The molecule has 0 aliphatic carbocycles. The molecule has 0 spiro atoms. The van der Waals surface area contributed by atoms with Gasteiger partial charge in [0.25, 0.3) is 5.56 Å². The van der Waals surface area contributed by atoms with Crippen molar-refractivity contribution in [3.05, 3.63) is 45.2 Å². The van der Waals surface area contributed by atoms with Crippen LogP contribution in [0.25, 0.3) is 11.2 Å². The van der Waals surface area contributed by atoms with Crippen molar-refractivity contribution in [2.45, 2.75) is 24.5 Å². The highest BCUT2D eigenvalue weighted by Crippen LogP contribution is 2.33. The van der Waals surface area contributed by atoms with Crippen LogP contribution in [0.15, 0.2) is 34.2 Å². The molecule has 158 valence electrons. The summed E-state index contributed by atoms with van der Waals surface area (Å²) < 4.78 is 6.81. The quantitative estimate of drug-likeness (QED) is 0.225. The van der Waals surface area contributed by atoms with Gasteiger partial charge in [0, 0.05) is 5.02 Å². The van der Waals surface area contributed by atoms with Crippen LogP contribution < -0.4 is 16.7 Å². The Morgan fingerprint density at radius 3 is 2.70 bits per heavy atom. The Morgan fingerprint density at radius 1 is 1.30 bits per heavy atom. The summed E-state index contributed by atoms with van der Waals surface area (Å²) in [5, 5.41) is 34.6. The number of H-pyrrole nitrogens is 1. The maximum absolute atomic E-state index is 12.3. The number of hydrogen-bond acceptors (Lipinski definition) is 10. The molecule has 1 fully saturated rings. The molecule has 12 nitrogen and oxygen atoms in total. The van der Waals surface area contributed by atoms with Gasteiger partial charge in [0.2, 0.25) is 11.9 Å². The molecule has 0 bridgehead atoms. The second kappa shape index (κ2) is 8.01. The number of nitrogens with one attached hydrogen (secondary N) is 2. The average Bonchev–Trinajstić information content (AvgIpc) is 3.21. The van der Waals surface area contributed by atoms with Gasteiger partial charge in [-0.05, 0) is 17.7 Å². The predicted octanol–water partition coefficient (Wildman–Crippen LogP) is -0.587. The summed E-state index contributed by atoms with van der Waals surface area (Å²) in [6, 6.07) is 6.89. The van der Waals surface area contributed by atoms with E-state index in [1.54, 1.807) is 24.3 Å². The van der Waals surface area contributed by atoms with Gasteiger partial charge in [-0.3, -0.25) is 14.3 Å². The number of ether oxygens (including phenoxy) is 1. The fourth-order valence-corrected chi connectivity index (χ4v) is 3.25. The van der Waals surface area contributed by atoms with Gasteiger partial charge in [0.15, 0.2) is 17.4 Å². The van der Waals surface area contributed by atoms with Gasteiger partial charge in [0.1, 0.15) is 18.3 Å². The van der Waals surface area contributed by atoms with Crippen LogP contribution in [-0.4, -0.2) is 66.0 Å². The van der Waals surface area contributed by atoms with Crippen molar-refractivity contribution in [2.75, 3.05) is 17.8 Å². The Morgan fingerprint density at radius 2 is 2.03 bits per heavy atom. The fourth-order valence-electron chi connectivity index (χ4n) is 3.13. The molecular weight excluding hydrogens is 418 g/mol. The molecule has 0 radical (unpaired) electrons. The van der Waals surface area contributed by atoms with E-state index < -0.39 is 36.7 Å². The Labute approximate surface area is 173 Å². The van der Waals surface area contributed by atoms with E-state index in [2.05, 4.69) is 25.5 Å². The molecule has 0 saturated carbocycles. The van der Waals surface area contributed by atoms with Crippen molar-refractivity contribution in [1.29, 1.82) is 0 Å². The topological polar surface area (TPSA) is 184 Å². The van der Waals surface area contributed by atoms with Crippen LogP contribution in [0, 0.1) is 0 Å². The third-order valence-electron chi connectivity index (χ3n) is 4.59. The molecule has 13 heteroatoms. The lowest BCUT2D eigenvalue weighted by Crippen LogP contribution is -2.33. The number of hydrogen-bond donors (Lipinski definition) is 6. The SMILES string of the molecule is Nc1nc2c(nc(N/N=C\c3ccc(Cl)cc3)n2[C@@H]2O[C@H](CO)[C@H](O)[C@@H]2O)c(=O)[nH]1. The van der Waals surface area contributed by atoms with E-state index >= 15 is 0 Å². The Balaban J connectivity index is 1.75. The van der Waals surface area contributed by atoms with Crippen LogP contribution in [-0.2, 0) is 4.74 Å². The number of fused-ring (bicyclic) bond motifs is 1. The van der Waals surface area contributed by atoms with Crippen LogP contribution in [0.3, 0.4) is 0 Å². The van der Waals surface area contributed by atoms with Crippen LogP contribution in [0.2, 0.25) is 5.02 Å². The molecule has 0 unspecified atom stereocenters. The molecule has 7 N–H and O–H groups in total. The number of halogens is 1. The minimum atomic E-state index is -1.43. The van der Waals surface area contributed by atoms with Crippen LogP contribution in [0.1, 0.15) is 11.8 Å². The summed E-state index contributed by atoms with van der Waals surface area (Å²) >= 11 is 5.86. The number of aromatic nitrogens is 4. The first-order chi connectivity index (χ1) is 14.4. The number of aliphatic hydroxyl groups is 3. The highest BCUT2D eigenvalue weighted by Gasteiger charge is 2.45. The van der Waals surface area contributed by atoms with Gasteiger partial charge < -0.3 is 25.8 Å². The summed E-state index contributed by atoms with van der Waals surface area (Å²) in [6.45, 7) is -0.519. The smallest absolute Gasteiger partial charge is 0.280 e. The number of benzene rings is 1. The van der Waals surface area contributed by atoms with Crippen LogP contribution >= 0.6 is 11.6 Å². The van der Waals surface area contributed by atoms with Crippen molar-refractivity contribution in [3.63, 3.8) is 0 Å². The molecular formula is C17H18ClN7O5. The van der Waals surface area contributed by atoms with E-state index in [1.165, 1.54) is 10.8 Å². The Hall–Kier alpha value is -3.03. The molecule has 4 atom stereocenters. The van der Waals surface area contributed by atoms with Crippen molar-refractivity contribution in [2.24, 2.45) is 5.10 Å². The third kappa shape index (κ3) is 3.62. The molecule has 3 aromatic rings. The van der Waals surface area contributed by atoms with E-state index in [1.807, 2.05) is 0 Å². The summed E-state index contributed by atoms with van der Waals surface area (Å²) in [6.07, 6.45) is -3.54. The maximum Gasteiger partial charge on any atom is 0.280 e. The van der Waals surface area contributed by atoms with Gasteiger partial charge in [-0.15, -0.1) is 0 Å². The molecule has 1 aliphatic heterocycles. The number of aliphatic hydroxyl groups excluding tert-OH is 3. The van der Waals surface area contributed by atoms with E-state index in [0.29, 0.717) is 5.02 Å². The highest BCUT2D eigenvalue weighted by atomic mass is 35.5. The summed E-state index contributed by atoms with van der Waals surface area (Å²) in [4.78, 5) is 22.8. The zero-order valence-electron chi connectivity index (χ0n) is 15.3. The molecule has 1 aliphatic rings. The Bertz CT molecular complexity index is 1150. The van der Waals surface area contributed by atoms with Gasteiger partial charge >= 0.3 is 0 Å². The average molecular weight is 436 g/mol. The number of rotatable bonds is 5. The van der Waals surface area contributed by atoms with E-state index in [4.69, 9.17) is 22.1 Å². The van der Waals surface area contributed by atoms with Crippen molar-refractivity contribution in [1.82, 2.24) is 19.5 Å².